The van der Waals surface area contributed by atoms with E-state index in [1.54, 1.807) is 0 Å². The fraction of sp³-hybridized carbons (Fsp3) is 0.526. The molecule has 4 rings (SSSR count). The van der Waals surface area contributed by atoms with E-state index >= 15 is 0 Å². The Bertz CT molecular complexity index is 712. The van der Waals surface area contributed by atoms with Crippen molar-refractivity contribution in [2.75, 3.05) is 0 Å². The number of rotatable bonds is 4. The first-order chi connectivity index (χ1) is 11.7. The second-order valence-corrected chi connectivity index (χ2v) is 7.12. The largest absolute Gasteiger partial charge is 0.352 e. The fourth-order valence-corrected chi connectivity index (χ4v) is 4.59. The van der Waals surface area contributed by atoms with E-state index in [2.05, 4.69) is 50.6 Å². The maximum Gasteiger partial charge on any atom is 0.226 e. The summed E-state index contributed by atoms with van der Waals surface area (Å²) in [6.45, 7) is 1.81. The van der Waals surface area contributed by atoms with Crippen molar-refractivity contribution in [3.05, 3.63) is 47.3 Å². The number of carbonyl (C=O) groups excluding carboxylic acids is 1. The molecule has 0 spiro atoms. The molecule has 2 aliphatic carbocycles. The van der Waals surface area contributed by atoms with Crippen LogP contribution in [0.15, 0.2) is 35.0 Å². The molecule has 126 valence electrons. The van der Waals surface area contributed by atoms with Gasteiger partial charge in [0.25, 0.3) is 0 Å². The van der Waals surface area contributed by atoms with Gasteiger partial charge in [-0.3, -0.25) is 4.79 Å². The van der Waals surface area contributed by atoms with Gasteiger partial charge in [-0.25, -0.2) is 4.63 Å². The van der Waals surface area contributed by atoms with Crippen molar-refractivity contribution >= 4 is 5.91 Å². The van der Waals surface area contributed by atoms with E-state index in [0.717, 1.165) is 0 Å². The summed E-state index contributed by atoms with van der Waals surface area (Å²) in [5, 5.41) is 10.8. The van der Waals surface area contributed by atoms with Gasteiger partial charge in [0.1, 0.15) is 11.4 Å². The number of amides is 1. The summed E-state index contributed by atoms with van der Waals surface area (Å²) in [6, 6.07) is 10.9. The molecule has 2 saturated carbocycles. The smallest absolute Gasteiger partial charge is 0.226 e. The van der Waals surface area contributed by atoms with E-state index in [1.807, 2.05) is 6.92 Å². The number of nitrogens with one attached hydrogen (secondary N) is 1. The van der Waals surface area contributed by atoms with Crippen LogP contribution in [0.3, 0.4) is 0 Å². The van der Waals surface area contributed by atoms with Crippen LogP contribution < -0.4 is 5.32 Å². The Hall–Kier alpha value is -2.17. The topological polar surface area (TPSA) is 68.0 Å². The zero-order chi connectivity index (χ0) is 16.5. The maximum atomic E-state index is 12.5. The van der Waals surface area contributed by atoms with Crippen molar-refractivity contribution in [1.82, 2.24) is 15.6 Å². The zero-order valence-corrected chi connectivity index (χ0v) is 13.9. The molecule has 1 amide bonds. The molecule has 1 aromatic carbocycles. The number of aryl methyl sites for hydroxylation is 1. The molecule has 1 aromatic heterocycles. The van der Waals surface area contributed by atoms with Crippen molar-refractivity contribution in [3.63, 3.8) is 0 Å². The van der Waals surface area contributed by atoms with Gasteiger partial charge in [-0.1, -0.05) is 53.5 Å². The summed E-state index contributed by atoms with van der Waals surface area (Å²) < 4.78 is 4.69. The Kier molecular flexibility index (Phi) is 4.08. The molecule has 0 bridgehead atoms. The summed E-state index contributed by atoms with van der Waals surface area (Å²) in [7, 11) is 0. The van der Waals surface area contributed by atoms with E-state index in [0.29, 0.717) is 29.1 Å². The van der Waals surface area contributed by atoms with Crippen molar-refractivity contribution in [3.8, 4) is 0 Å². The second kappa shape index (κ2) is 6.38. The lowest BCUT2D eigenvalue weighted by Gasteiger charge is -2.55. The maximum absolute atomic E-state index is 12.5. The van der Waals surface area contributed by atoms with Crippen molar-refractivity contribution in [2.45, 2.75) is 51.0 Å². The molecule has 1 heterocycles. The van der Waals surface area contributed by atoms with Crippen LogP contribution in [0.1, 0.15) is 48.6 Å². The number of fused-ring (bicyclic) bond motifs is 1. The van der Waals surface area contributed by atoms with Crippen LogP contribution in [0, 0.1) is 18.8 Å². The van der Waals surface area contributed by atoms with Gasteiger partial charge < -0.3 is 5.32 Å². The van der Waals surface area contributed by atoms with Crippen LogP contribution in [0.4, 0.5) is 0 Å². The van der Waals surface area contributed by atoms with Crippen molar-refractivity contribution < 1.29 is 9.42 Å². The SMILES string of the molecule is Cc1nonc1CC(=O)N[C@H]1[C@H]2CCCC[C@@H]2[C@@H]1c1ccccc1. The van der Waals surface area contributed by atoms with Crippen LogP contribution >= 0.6 is 0 Å². The number of aromatic nitrogens is 2. The molecule has 0 unspecified atom stereocenters. The molecule has 2 fully saturated rings. The first-order valence-electron chi connectivity index (χ1n) is 8.86. The van der Waals surface area contributed by atoms with Gasteiger partial charge in [-0.05, 0) is 37.2 Å². The Morgan fingerprint density at radius 1 is 1.17 bits per heavy atom. The summed E-state index contributed by atoms with van der Waals surface area (Å²) in [5.74, 6) is 1.78. The van der Waals surface area contributed by atoms with Gasteiger partial charge >= 0.3 is 0 Å². The lowest BCUT2D eigenvalue weighted by molar-refractivity contribution is -0.124. The van der Waals surface area contributed by atoms with Crippen LogP contribution in [0.2, 0.25) is 0 Å². The fourth-order valence-electron chi connectivity index (χ4n) is 4.59. The van der Waals surface area contributed by atoms with E-state index < -0.39 is 0 Å². The first-order valence-corrected chi connectivity index (χ1v) is 8.86. The second-order valence-electron chi connectivity index (χ2n) is 7.12. The monoisotopic (exact) mass is 325 g/mol. The van der Waals surface area contributed by atoms with E-state index in [4.69, 9.17) is 0 Å². The summed E-state index contributed by atoms with van der Waals surface area (Å²) in [5.41, 5.74) is 2.67. The predicted octanol–water partition coefficient (Wildman–Crippen LogP) is 3.01. The Morgan fingerprint density at radius 3 is 2.62 bits per heavy atom. The van der Waals surface area contributed by atoms with Gasteiger partial charge in [-0.2, -0.15) is 0 Å². The third-order valence-electron chi connectivity index (χ3n) is 5.77. The molecule has 0 radical (unpaired) electrons. The Balaban J connectivity index is 1.49. The quantitative estimate of drug-likeness (QED) is 0.938. The molecule has 4 atom stereocenters. The highest BCUT2D eigenvalue weighted by Gasteiger charge is 2.51. The Morgan fingerprint density at radius 2 is 1.92 bits per heavy atom. The summed E-state index contributed by atoms with van der Waals surface area (Å²) in [6.07, 6.45) is 5.34. The van der Waals surface area contributed by atoms with Gasteiger partial charge in [0.15, 0.2) is 0 Å². The Labute approximate surface area is 141 Å². The van der Waals surface area contributed by atoms with Crippen LogP contribution in [0.25, 0.3) is 0 Å². The highest BCUT2D eigenvalue weighted by Crippen LogP contribution is 2.54. The standard InChI is InChI=1S/C19H23N3O2/c1-12-16(22-24-21-12)11-17(23)20-19-15-10-6-5-9-14(15)18(19)13-7-3-2-4-8-13/h2-4,7-8,14-15,18-19H,5-6,9-11H2,1H3,(H,20,23)/t14-,15-,18-,19-/m0/s1. The average Bonchev–Trinajstić information content (AvgIpc) is 2.99. The van der Waals surface area contributed by atoms with Gasteiger partial charge in [0, 0.05) is 12.0 Å². The molecule has 0 aliphatic heterocycles. The molecule has 0 saturated heterocycles. The van der Waals surface area contributed by atoms with Crippen molar-refractivity contribution in [1.29, 1.82) is 0 Å². The average molecular weight is 325 g/mol. The summed E-state index contributed by atoms with van der Waals surface area (Å²) in [4.78, 5) is 12.5. The summed E-state index contributed by atoms with van der Waals surface area (Å²) >= 11 is 0. The molecule has 2 aliphatic rings. The normalized spacial score (nSPS) is 28.7. The molecule has 2 aromatic rings. The third-order valence-corrected chi connectivity index (χ3v) is 5.77. The molecular formula is C19H23N3O2. The first kappa shape index (κ1) is 15.4. The molecule has 5 nitrogen and oxygen atoms in total. The lowest BCUT2D eigenvalue weighted by atomic mass is 9.53. The molecule has 24 heavy (non-hydrogen) atoms. The van der Waals surface area contributed by atoms with E-state index in [-0.39, 0.29) is 18.4 Å². The minimum atomic E-state index is 0.0174. The van der Waals surface area contributed by atoms with E-state index in [9.17, 15) is 4.79 Å². The lowest BCUT2D eigenvalue weighted by Crippen LogP contribution is -2.59. The zero-order valence-electron chi connectivity index (χ0n) is 13.9. The molecule has 1 N–H and O–H groups in total. The minimum Gasteiger partial charge on any atom is -0.352 e. The number of benzene rings is 1. The predicted molar refractivity (Wildman–Crippen MR) is 89.3 cm³/mol. The van der Waals surface area contributed by atoms with Gasteiger partial charge in [-0.15, -0.1) is 0 Å². The minimum absolute atomic E-state index is 0.0174. The van der Waals surface area contributed by atoms with Crippen LogP contribution in [-0.2, 0) is 11.2 Å². The highest BCUT2D eigenvalue weighted by atomic mass is 16.6. The van der Waals surface area contributed by atoms with Crippen LogP contribution in [0.5, 0.6) is 0 Å². The van der Waals surface area contributed by atoms with Crippen molar-refractivity contribution in [2.24, 2.45) is 11.8 Å². The number of nitrogens with zero attached hydrogens (tertiary/aromatic N) is 2. The molecular weight excluding hydrogens is 302 g/mol. The number of hydrogen-bond acceptors (Lipinski definition) is 4. The number of carbonyl (C=O) groups is 1. The molecule has 5 heteroatoms. The van der Waals surface area contributed by atoms with Gasteiger partial charge in [0.2, 0.25) is 5.91 Å². The van der Waals surface area contributed by atoms with Gasteiger partial charge in [0.05, 0.1) is 6.42 Å². The van der Waals surface area contributed by atoms with Crippen LogP contribution in [-0.4, -0.2) is 22.3 Å². The van der Waals surface area contributed by atoms with E-state index in [1.165, 1.54) is 31.2 Å². The number of hydrogen-bond donors (Lipinski definition) is 1. The highest BCUT2D eigenvalue weighted by molar-refractivity contribution is 5.79. The third kappa shape index (κ3) is 2.72.